The van der Waals surface area contributed by atoms with Crippen LogP contribution in [0.2, 0.25) is 0 Å². The van der Waals surface area contributed by atoms with E-state index in [1.165, 1.54) is 0 Å². The summed E-state index contributed by atoms with van der Waals surface area (Å²) in [5.41, 5.74) is 6.07. The zero-order chi connectivity index (χ0) is 24.5. The number of aryl methyl sites for hydroxylation is 1. The first-order valence-corrected chi connectivity index (χ1v) is 12.0. The number of para-hydroxylation sites is 2. The number of thiocarbonyl (C=S) groups is 1. The fourth-order valence-corrected chi connectivity index (χ4v) is 5.26. The van der Waals surface area contributed by atoms with Crippen LogP contribution in [0.15, 0.2) is 79.0 Å². The van der Waals surface area contributed by atoms with Crippen LogP contribution < -0.4 is 10.1 Å². The van der Waals surface area contributed by atoms with Gasteiger partial charge in [0.25, 0.3) is 0 Å². The van der Waals surface area contributed by atoms with Crippen LogP contribution in [-0.2, 0) is 6.54 Å². The number of hydrogen-bond donors (Lipinski definition) is 2. The molecule has 3 heterocycles. The normalized spacial score (nSPS) is 17.5. The van der Waals surface area contributed by atoms with Crippen molar-refractivity contribution in [2.45, 2.75) is 32.5 Å². The van der Waals surface area contributed by atoms with Gasteiger partial charge in [-0.1, -0.05) is 30.3 Å². The van der Waals surface area contributed by atoms with Gasteiger partial charge in [-0.15, -0.1) is 0 Å². The van der Waals surface area contributed by atoms with Gasteiger partial charge >= 0.3 is 0 Å². The molecule has 7 heteroatoms. The van der Waals surface area contributed by atoms with Crippen LogP contribution in [0, 0.1) is 13.8 Å². The Bertz CT molecular complexity index is 1350. The number of ether oxygens (including phenoxy) is 1. The zero-order valence-corrected chi connectivity index (χ0v) is 20.8. The van der Waals surface area contributed by atoms with Gasteiger partial charge in [-0.05, 0) is 79.7 Å². The maximum absolute atomic E-state index is 10.6. The Morgan fingerprint density at radius 1 is 1.03 bits per heavy atom. The Kier molecular flexibility index (Phi) is 6.17. The molecular weight excluding hydrogens is 456 g/mol. The van der Waals surface area contributed by atoms with Gasteiger partial charge in [0.15, 0.2) is 5.11 Å². The monoisotopic (exact) mass is 484 g/mol. The molecule has 4 aromatic rings. The van der Waals surface area contributed by atoms with Crippen molar-refractivity contribution < 1.29 is 9.84 Å². The highest BCUT2D eigenvalue weighted by atomic mass is 32.1. The summed E-state index contributed by atoms with van der Waals surface area (Å²) in [6.45, 7) is 4.80. The van der Waals surface area contributed by atoms with E-state index in [0.717, 1.165) is 39.6 Å². The Hall–Kier alpha value is -3.84. The molecule has 0 unspecified atom stereocenters. The summed E-state index contributed by atoms with van der Waals surface area (Å²) in [5.74, 6) is 1.07. The summed E-state index contributed by atoms with van der Waals surface area (Å²) in [6, 6.07) is 23.5. The Morgan fingerprint density at radius 3 is 2.46 bits per heavy atom. The van der Waals surface area contributed by atoms with E-state index in [0.29, 0.717) is 11.7 Å². The number of hydrogen-bond acceptors (Lipinski definition) is 4. The lowest BCUT2D eigenvalue weighted by Gasteiger charge is -2.28. The minimum atomic E-state index is -0.111. The molecule has 2 aromatic heterocycles. The van der Waals surface area contributed by atoms with Gasteiger partial charge in [0.05, 0.1) is 30.6 Å². The van der Waals surface area contributed by atoms with E-state index in [-0.39, 0.29) is 17.8 Å². The number of methoxy groups -OCH3 is 1. The first-order valence-electron chi connectivity index (χ1n) is 11.6. The summed E-state index contributed by atoms with van der Waals surface area (Å²) >= 11 is 5.86. The molecule has 35 heavy (non-hydrogen) atoms. The highest BCUT2D eigenvalue weighted by Crippen LogP contribution is 2.42. The van der Waals surface area contributed by atoms with Crippen molar-refractivity contribution >= 4 is 17.3 Å². The molecule has 2 aromatic carbocycles. The second-order valence-electron chi connectivity index (χ2n) is 8.75. The Morgan fingerprint density at radius 2 is 1.77 bits per heavy atom. The molecule has 6 nitrogen and oxygen atoms in total. The topological polar surface area (TPSA) is 62.5 Å². The third-order valence-electron chi connectivity index (χ3n) is 6.62. The summed E-state index contributed by atoms with van der Waals surface area (Å²) in [5, 5.41) is 14.8. The van der Waals surface area contributed by atoms with Gasteiger partial charge in [-0.2, -0.15) is 0 Å². The van der Waals surface area contributed by atoms with Crippen LogP contribution in [0.4, 0.5) is 0 Å². The van der Waals surface area contributed by atoms with E-state index >= 15 is 0 Å². The van der Waals surface area contributed by atoms with Crippen molar-refractivity contribution in [2.75, 3.05) is 7.11 Å². The fourth-order valence-electron chi connectivity index (χ4n) is 4.95. The predicted octanol–water partition coefficient (Wildman–Crippen LogP) is 5.38. The fraction of sp³-hybridized carbons (Fsp3) is 0.214. The molecule has 0 saturated carbocycles. The molecule has 5 rings (SSSR count). The summed E-state index contributed by atoms with van der Waals surface area (Å²) < 4.78 is 7.43. The predicted molar refractivity (Wildman–Crippen MR) is 141 cm³/mol. The van der Waals surface area contributed by atoms with Crippen LogP contribution in [0.5, 0.6) is 11.5 Å². The molecule has 0 aliphatic carbocycles. The molecule has 2 atom stereocenters. The minimum absolute atomic E-state index is 0.0784. The molecule has 178 valence electrons. The number of benzene rings is 2. The average molecular weight is 485 g/mol. The number of aromatic hydroxyl groups is 1. The standard InChI is InChI=1S/C28H28N4O2S/c1-18-16-22(19(2)32(18)24-9-4-5-10-25(24)33)27-26(23-8-6-7-15-29-23)30-28(35)31(27)17-20-11-13-21(34-3)14-12-20/h4-16,26-27,33H,17H2,1-3H3,(H,30,35)/t26-,27-/m1/s1. The van der Waals surface area contributed by atoms with Gasteiger partial charge in [0, 0.05) is 24.1 Å². The molecule has 0 radical (unpaired) electrons. The minimum Gasteiger partial charge on any atom is -0.506 e. The number of rotatable bonds is 6. The molecule has 2 N–H and O–H groups in total. The van der Waals surface area contributed by atoms with E-state index in [1.807, 2.05) is 54.7 Å². The summed E-state index contributed by atoms with van der Waals surface area (Å²) in [4.78, 5) is 6.88. The summed E-state index contributed by atoms with van der Waals surface area (Å²) in [6.07, 6.45) is 1.81. The molecule has 0 bridgehead atoms. The van der Waals surface area contributed by atoms with Crippen LogP contribution in [-0.4, -0.2) is 31.8 Å². The van der Waals surface area contributed by atoms with Crippen molar-refractivity contribution in [1.29, 1.82) is 0 Å². The van der Waals surface area contributed by atoms with Crippen molar-refractivity contribution in [3.05, 3.63) is 107 Å². The lowest BCUT2D eigenvalue weighted by molar-refractivity contribution is 0.310. The Labute approximate surface area is 210 Å². The van der Waals surface area contributed by atoms with E-state index in [2.05, 4.69) is 51.8 Å². The lowest BCUT2D eigenvalue weighted by Crippen LogP contribution is -2.29. The number of phenolic OH excluding ortho intramolecular Hbond substituents is 1. The smallest absolute Gasteiger partial charge is 0.170 e. The van der Waals surface area contributed by atoms with Gasteiger partial charge < -0.3 is 24.6 Å². The zero-order valence-electron chi connectivity index (χ0n) is 20.0. The van der Waals surface area contributed by atoms with E-state index in [1.54, 1.807) is 13.2 Å². The largest absolute Gasteiger partial charge is 0.506 e. The Balaban J connectivity index is 1.60. The highest BCUT2D eigenvalue weighted by Gasteiger charge is 2.41. The number of phenols is 1. The first kappa shape index (κ1) is 22.9. The van der Waals surface area contributed by atoms with Crippen LogP contribution in [0.3, 0.4) is 0 Å². The van der Waals surface area contributed by atoms with Crippen molar-refractivity contribution in [1.82, 2.24) is 19.8 Å². The lowest BCUT2D eigenvalue weighted by atomic mass is 9.96. The molecular formula is C28H28N4O2S. The first-order chi connectivity index (χ1) is 17.0. The van der Waals surface area contributed by atoms with Crippen LogP contribution in [0.1, 0.15) is 40.3 Å². The van der Waals surface area contributed by atoms with Crippen molar-refractivity contribution in [3.63, 3.8) is 0 Å². The number of nitrogens with one attached hydrogen (secondary N) is 1. The molecule has 1 aliphatic heterocycles. The van der Waals surface area contributed by atoms with Gasteiger partial charge in [0.1, 0.15) is 11.5 Å². The number of pyridine rings is 1. The molecule has 1 fully saturated rings. The molecule has 1 saturated heterocycles. The molecule has 1 aliphatic rings. The third-order valence-corrected chi connectivity index (χ3v) is 6.97. The van der Waals surface area contributed by atoms with E-state index in [4.69, 9.17) is 17.0 Å². The third kappa shape index (κ3) is 4.23. The number of aromatic nitrogens is 2. The van der Waals surface area contributed by atoms with Gasteiger partial charge in [-0.25, -0.2) is 0 Å². The van der Waals surface area contributed by atoms with Crippen molar-refractivity contribution in [2.24, 2.45) is 0 Å². The van der Waals surface area contributed by atoms with E-state index in [9.17, 15) is 5.11 Å². The molecule has 0 spiro atoms. The maximum atomic E-state index is 10.6. The highest BCUT2D eigenvalue weighted by molar-refractivity contribution is 7.80. The van der Waals surface area contributed by atoms with E-state index < -0.39 is 0 Å². The molecule has 0 amide bonds. The van der Waals surface area contributed by atoms with Crippen molar-refractivity contribution in [3.8, 4) is 17.2 Å². The van der Waals surface area contributed by atoms with Crippen LogP contribution in [0.25, 0.3) is 5.69 Å². The van der Waals surface area contributed by atoms with Crippen LogP contribution >= 0.6 is 12.2 Å². The SMILES string of the molecule is COc1ccc(CN2C(=S)N[C@H](c3ccccn3)[C@H]2c2cc(C)n(-c3ccccc3O)c2C)cc1. The quantitative estimate of drug-likeness (QED) is 0.359. The second-order valence-corrected chi connectivity index (χ2v) is 9.14. The van der Waals surface area contributed by atoms with Gasteiger partial charge in [0.2, 0.25) is 0 Å². The second kappa shape index (κ2) is 9.43. The number of nitrogens with zero attached hydrogens (tertiary/aromatic N) is 3. The van der Waals surface area contributed by atoms with Gasteiger partial charge in [-0.3, -0.25) is 4.98 Å². The average Bonchev–Trinajstić information content (AvgIpc) is 3.35. The maximum Gasteiger partial charge on any atom is 0.170 e. The summed E-state index contributed by atoms with van der Waals surface area (Å²) in [7, 11) is 1.67.